The number of rotatable bonds is 6. The minimum Gasteiger partial charge on any atom is -0.293 e. The molecule has 312 valence electrons. The third-order valence-electron chi connectivity index (χ3n) is 14.7. The van der Waals surface area contributed by atoms with Gasteiger partial charge in [0, 0.05) is 39.9 Å². The van der Waals surface area contributed by atoms with E-state index in [2.05, 4.69) is 185 Å². The van der Waals surface area contributed by atoms with Gasteiger partial charge < -0.3 is 0 Å². The zero-order valence-electron chi connectivity index (χ0n) is 36.5. The van der Waals surface area contributed by atoms with Crippen LogP contribution in [0.1, 0.15) is 40.2 Å². The maximum absolute atomic E-state index is 5.00. The van der Waals surface area contributed by atoms with Gasteiger partial charge in [-0.05, 0) is 165 Å². The van der Waals surface area contributed by atoms with Gasteiger partial charge in [-0.25, -0.2) is 9.97 Å². The number of nitrogens with zero attached hydrogens (tertiary/aromatic N) is 4. The summed E-state index contributed by atoms with van der Waals surface area (Å²) in [5.74, 6) is 2.35. The normalized spacial score (nSPS) is 15.0. The lowest BCUT2D eigenvalue weighted by molar-refractivity contribution is 0.854. The largest absolute Gasteiger partial charge is 0.293 e. The molecule has 7 aromatic carbocycles. The molecule has 11 aromatic rings. The molecule has 3 aliphatic rings. The molecule has 0 spiro atoms. The zero-order valence-corrected chi connectivity index (χ0v) is 36.5. The van der Waals surface area contributed by atoms with Crippen LogP contribution in [-0.4, -0.2) is 19.1 Å². The molecular formula is C62H44N4. The van der Waals surface area contributed by atoms with E-state index in [-0.39, 0.29) is 0 Å². The average Bonchev–Trinajstić information content (AvgIpc) is 3.91. The molecule has 4 heterocycles. The third kappa shape index (κ3) is 5.71. The number of benzene rings is 7. The van der Waals surface area contributed by atoms with Crippen LogP contribution in [0.25, 0.3) is 99.8 Å². The lowest BCUT2D eigenvalue weighted by atomic mass is 9.74. The molecule has 0 bridgehead atoms. The number of aryl methyl sites for hydroxylation is 4. The van der Waals surface area contributed by atoms with Crippen LogP contribution in [0.4, 0.5) is 0 Å². The van der Waals surface area contributed by atoms with Gasteiger partial charge in [0.05, 0.1) is 22.1 Å². The Morgan fingerprint density at radius 1 is 0.409 bits per heavy atom. The Kier molecular flexibility index (Phi) is 8.33. The second-order valence-electron chi connectivity index (χ2n) is 18.3. The fourth-order valence-corrected chi connectivity index (χ4v) is 11.7. The van der Waals surface area contributed by atoms with Gasteiger partial charge >= 0.3 is 0 Å². The highest BCUT2D eigenvalue weighted by Crippen LogP contribution is 2.51. The smallest absolute Gasteiger partial charge is 0.137 e. The first-order valence-electron chi connectivity index (χ1n) is 23.4. The lowest BCUT2D eigenvalue weighted by Crippen LogP contribution is -2.16. The highest BCUT2D eigenvalue weighted by atomic mass is 15.1. The predicted molar refractivity (Wildman–Crippen MR) is 273 cm³/mol. The van der Waals surface area contributed by atoms with Gasteiger partial charge in [-0.15, -0.1) is 0 Å². The molecule has 0 fully saturated rings. The van der Waals surface area contributed by atoms with E-state index in [4.69, 9.17) is 9.97 Å². The molecule has 4 heteroatoms. The number of pyridine rings is 2. The Hall–Kier alpha value is -8.08. The van der Waals surface area contributed by atoms with Crippen molar-refractivity contribution < 1.29 is 0 Å². The van der Waals surface area contributed by atoms with Crippen LogP contribution in [0, 0.1) is 0 Å². The summed E-state index contributed by atoms with van der Waals surface area (Å²) in [6.45, 7) is 0. The van der Waals surface area contributed by atoms with Gasteiger partial charge in [-0.1, -0.05) is 127 Å². The van der Waals surface area contributed by atoms with Crippen molar-refractivity contribution in [2.45, 2.75) is 38.0 Å². The van der Waals surface area contributed by atoms with E-state index in [1.54, 1.807) is 0 Å². The number of fused-ring (bicyclic) bond motifs is 8. The second-order valence-corrected chi connectivity index (χ2v) is 18.3. The fraction of sp³-hybridized carbons (Fsp3) is 0.0968. The monoisotopic (exact) mass is 844 g/mol. The van der Waals surface area contributed by atoms with Crippen molar-refractivity contribution >= 4 is 43.6 Å². The average molecular weight is 845 g/mol. The van der Waals surface area contributed by atoms with E-state index >= 15 is 0 Å². The Bertz CT molecular complexity index is 3800. The van der Waals surface area contributed by atoms with E-state index in [9.17, 15) is 0 Å². The van der Waals surface area contributed by atoms with Crippen molar-refractivity contribution in [3.63, 3.8) is 0 Å². The molecular weight excluding hydrogens is 801 g/mol. The molecule has 1 atom stereocenters. The van der Waals surface area contributed by atoms with Crippen molar-refractivity contribution in [2.24, 2.45) is 0 Å². The molecule has 4 nitrogen and oxygen atoms in total. The van der Waals surface area contributed by atoms with Crippen LogP contribution in [0.5, 0.6) is 0 Å². The number of hydrogen-bond acceptors (Lipinski definition) is 2. The van der Waals surface area contributed by atoms with Gasteiger partial charge in [0.15, 0.2) is 0 Å². The molecule has 0 amide bonds. The molecule has 0 radical (unpaired) electrons. The minimum absolute atomic E-state index is 0.438. The molecule has 14 rings (SSSR count). The summed E-state index contributed by atoms with van der Waals surface area (Å²) in [7, 11) is 0. The van der Waals surface area contributed by atoms with E-state index < -0.39 is 0 Å². The minimum atomic E-state index is 0.438. The van der Waals surface area contributed by atoms with Gasteiger partial charge in [0.2, 0.25) is 0 Å². The van der Waals surface area contributed by atoms with E-state index in [0.29, 0.717) is 5.92 Å². The number of hydrogen-bond donors (Lipinski definition) is 0. The third-order valence-corrected chi connectivity index (χ3v) is 14.7. The van der Waals surface area contributed by atoms with Crippen molar-refractivity contribution in [3.05, 3.63) is 228 Å². The zero-order chi connectivity index (χ0) is 43.3. The van der Waals surface area contributed by atoms with Crippen molar-refractivity contribution in [1.29, 1.82) is 0 Å². The van der Waals surface area contributed by atoms with E-state index in [1.807, 2.05) is 24.5 Å². The van der Waals surface area contributed by atoms with Crippen molar-refractivity contribution in [1.82, 2.24) is 19.1 Å². The maximum atomic E-state index is 5.00. The summed E-state index contributed by atoms with van der Waals surface area (Å²) in [6.07, 6.45) is 17.7. The fourth-order valence-electron chi connectivity index (χ4n) is 11.7. The summed E-state index contributed by atoms with van der Waals surface area (Å²) in [5.41, 5.74) is 22.4. The Labute approximate surface area is 383 Å². The van der Waals surface area contributed by atoms with Gasteiger partial charge in [-0.3, -0.25) is 9.13 Å². The van der Waals surface area contributed by atoms with Gasteiger partial charge in [0.1, 0.15) is 11.6 Å². The summed E-state index contributed by atoms with van der Waals surface area (Å²) in [6, 6.07) is 60.6. The van der Waals surface area contributed by atoms with E-state index in [1.165, 1.54) is 116 Å². The molecule has 66 heavy (non-hydrogen) atoms. The summed E-state index contributed by atoms with van der Waals surface area (Å²) in [5, 5.41) is 5.19. The Morgan fingerprint density at radius 3 is 1.39 bits per heavy atom. The quantitative estimate of drug-likeness (QED) is 0.167. The predicted octanol–water partition coefficient (Wildman–Crippen LogP) is 15.1. The van der Waals surface area contributed by atoms with Crippen LogP contribution in [0.2, 0.25) is 0 Å². The SMILES string of the molecule is C1=CCC(c2ccc(-c3ccc4c(c3)c3cc5c6c(c3n4-c3ccccn3)CCc3cc4c7cc(-c8ccc(-c9ccccc9)cc8)ccc7n(-c7ccccn7)c4c(c3-6)CC5)cc2)C=C1. The molecule has 1 unspecified atom stereocenters. The van der Waals surface area contributed by atoms with Crippen LogP contribution in [-0.2, 0) is 25.7 Å². The summed E-state index contributed by atoms with van der Waals surface area (Å²) in [4.78, 5) is 10.0. The first-order chi connectivity index (χ1) is 32.7. The summed E-state index contributed by atoms with van der Waals surface area (Å²) < 4.78 is 4.90. The Balaban J connectivity index is 0.965. The highest BCUT2D eigenvalue weighted by molar-refractivity contribution is 6.16. The first-order valence-corrected chi connectivity index (χ1v) is 23.4. The van der Waals surface area contributed by atoms with Gasteiger partial charge in [0.25, 0.3) is 0 Å². The maximum Gasteiger partial charge on any atom is 0.137 e. The van der Waals surface area contributed by atoms with Crippen LogP contribution in [0.15, 0.2) is 200 Å². The lowest BCUT2D eigenvalue weighted by Gasteiger charge is -2.31. The highest BCUT2D eigenvalue weighted by Gasteiger charge is 2.33. The topological polar surface area (TPSA) is 35.6 Å². The van der Waals surface area contributed by atoms with Crippen molar-refractivity contribution in [3.8, 4) is 56.1 Å². The first kappa shape index (κ1) is 37.3. The van der Waals surface area contributed by atoms with Crippen LogP contribution < -0.4 is 0 Å². The summed E-state index contributed by atoms with van der Waals surface area (Å²) >= 11 is 0. The molecule has 0 saturated heterocycles. The number of allylic oxidation sites excluding steroid dienone is 4. The van der Waals surface area contributed by atoms with Crippen molar-refractivity contribution in [2.75, 3.05) is 0 Å². The molecule has 3 aliphatic carbocycles. The molecule has 0 saturated carbocycles. The Morgan fingerprint density at radius 2 is 0.894 bits per heavy atom. The standard InChI is InChI=1S/C62H44N4/c1-3-11-39(12-4-1)41-17-21-43(22-18-41)45-27-31-55-51(35-45)53-37-47-25-30-50-60-48(26-29-49(59(47)60)61(53)65(55)57-15-7-9-33-63-57)38-54-52-36-46(44-23-19-42(20-24-44)40-13-5-2-6-14-40)28-32-56(52)66(62(50)54)58-16-8-10-34-64-58/h1-13,15-24,27-28,31-38,40H,14,25-26,29-30H2. The molecule has 0 N–H and O–H groups in total. The molecule has 4 aromatic heterocycles. The van der Waals surface area contributed by atoms with Crippen LogP contribution >= 0.6 is 0 Å². The second kappa shape index (κ2) is 14.7. The number of aromatic nitrogens is 4. The van der Waals surface area contributed by atoms with Crippen LogP contribution in [0.3, 0.4) is 0 Å². The van der Waals surface area contributed by atoms with E-state index in [0.717, 1.165) is 43.7 Å². The van der Waals surface area contributed by atoms with Gasteiger partial charge in [-0.2, -0.15) is 0 Å². The molecule has 0 aliphatic heterocycles.